The molecule has 0 atom stereocenters. The van der Waals surface area contributed by atoms with Crippen molar-refractivity contribution in [1.29, 1.82) is 0 Å². The van der Waals surface area contributed by atoms with Crippen LogP contribution in [-0.2, 0) is 13.1 Å². The summed E-state index contributed by atoms with van der Waals surface area (Å²) in [4.78, 5) is 4.28. The number of aromatic nitrogens is 1. The van der Waals surface area contributed by atoms with Crippen molar-refractivity contribution < 1.29 is 10.1 Å². The topological polar surface area (TPSA) is 38.7 Å². The highest BCUT2D eigenvalue weighted by Crippen LogP contribution is 2.21. The molecule has 0 fully saturated rings. The van der Waals surface area contributed by atoms with Gasteiger partial charge in [-0.1, -0.05) is 17.7 Å². The first-order valence-electron chi connectivity index (χ1n) is 5.83. The number of ether oxygens (including phenoxy) is 1. The number of benzene rings is 1. The minimum Gasteiger partial charge on any atom is -0.496 e. The molecule has 2 N–H and O–H groups in total. The normalized spacial score (nSPS) is 10.3. The van der Waals surface area contributed by atoms with Crippen LogP contribution in [-0.4, -0.2) is 12.1 Å². The van der Waals surface area contributed by atoms with Crippen molar-refractivity contribution >= 4 is 11.6 Å². The Morgan fingerprint density at radius 1 is 1.22 bits per heavy atom. The predicted octanol–water partition coefficient (Wildman–Crippen LogP) is 2.01. The van der Waals surface area contributed by atoms with Gasteiger partial charge in [0.2, 0.25) is 0 Å². The fraction of sp³-hybridized carbons (Fsp3) is 0.214. The summed E-state index contributed by atoms with van der Waals surface area (Å²) in [7, 11) is 1.67. The third-order valence-electron chi connectivity index (χ3n) is 2.69. The standard InChI is InChI=1S/C14H15ClN2O/c1-18-14-6-5-12(15)8-11(14)9-16-10-13-4-2-3-7-17-13/h2-8,16H,9-10H2,1H3/p+1. The number of methoxy groups -OCH3 is 1. The lowest BCUT2D eigenvalue weighted by atomic mass is 10.2. The van der Waals surface area contributed by atoms with Crippen LogP contribution in [0.15, 0.2) is 42.6 Å². The molecule has 3 nitrogen and oxygen atoms in total. The molecule has 0 aliphatic rings. The van der Waals surface area contributed by atoms with Gasteiger partial charge in [-0.05, 0) is 30.3 Å². The van der Waals surface area contributed by atoms with E-state index in [1.807, 2.05) is 42.6 Å². The molecule has 0 radical (unpaired) electrons. The first kappa shape index (κ1) is 12.9. The summed E-state index contributed by atoms with van der Waals surface area (Å²) in [6.45, 7) is 1.66. The molecule has 0 aliphatic carbocycles. The summed E-state index contributed by atoms with van der Waals surface area (Å²) < 4.78 is 5.31. The van der Waals surface area contributed by atoms with Gasteiger partial charge in [0, 0.05) is 16.8 Å². The molecule has 2 aromatic rings. The number of hydrogen-bond donors (Lipinski definition) is 1. The van der Waals surface area contributed by atoms with Crippen molar-refractivity contribution in [1.82, 2.24) is 4.98 Å². The fourth-order valence-corrected chi connectivity index (χ4v) is 2.00. The van der Waals surface area contributed by atoms with Crippen LogP contribution in [0.5, 0.6) is 5.75 Å². The third-order valence-corrected chi connectivity index (χ3v) is 2.92. The number of hydrogen-bond acceptors (Lipinski definition) is 2. The highest BCUT2D eigenvalue weighted by atomic mass is 35.5. The van der Waals surface area contributed by atoms with Gasteiger partial charge < -0.3 is 10.1 Å². The monoisotopic (exact) mass is 263 g/mol. The van der Waals surface area contributed by atoms with Gasteiger partial charge in [0.05, 0.1) is 12.8 Å². The molecule has 1 heterocycles. The van der Waals surface area contributed by atoms with E-state index in [2.05, 4.69) is 10.3 Å². The number of nitrogens with zero attached hydrogens (tertiary/aromatic N) is 1. The molecule has 0 unspecified atom stereocenters. The molecule has 1 aromatic heterocycles. The van der Waals surface area contributed by atoms with Crippen LogP contribution in [0, 0.1) is 0 Å². The maximum Gasteiger partial charge on any atom is 0.127 e. The predicted molar refractivity (Wildman–Crippen MR) is 71.6 cm³/mol. The van der Waals surface area contributed by atoms with Crippen molar-refractivity contribution in [2.45, 2.75) is 13.1 Å². The SMILES string of the molecule is COc1ccc(Cl)cc1C[NH2+]Cc1ccccn1. The van der Waals surface area contributed by atoms with E-state index < -0.39 is 0 Å². The van der Waals surface area contributed by atoms with Gasteiger partial charge in [0.25, 0.3) is 0 Å². The zero-order chi connectivity index (χ0) is 12.8. The Morgan fingerprint density at radius 2 is 2.11 bits per heavy atom. The van der Waals surface area contributed by atoms with Crippen LogP contribution in [0.25, 0.3) is 0 Å². The van der Waals surface area contributed by atoms with E-state index in [0.29, 0.717) is 0 Å². The maximum atomic E-state index is 5.99. The van der Waals surface area contributed by atoms with Gasteiger partial charge in [0.15, 0.2) is 0 Å². The van der Waals surface area contributed by atoms with Gasteiger partial charge in [-0.3, -0.25) is 4.98 Å². The van der Waals surface area contributed by atoms with Crippen LogP contribution < -0.4 is 10.1 Å². The minimum absolute atomic E-state index is 0.733. The lowest BCUT2D eigenvalue weighted by molar-refractivity contribution is -0.686. The smallest absolute Gasteiger partial charge is 0.127 e. The van der Waals surface area contributed by atoms with Crippen molar-refractivity contribution in [2.75, 3.05) is 7.11 Å². The number of nitrogens with two attached hydrogens (primary N) is 1. The second kappa shape index (κ2) is 6.38. The van der Waals surface area contributed by atoms with Crippen LogP contribution in [0.3, 0.4) is 0 Å². The van der Waals surface area contributed by atoms with E-state index >= 15 is 0 Å². The number of halogens is 1. The van der Waals surface area contributed by atoms with Crippen LogP contribution in [0.1, 0.15) is 11.3 Å². The Hall–Kier alpha value is -1.58. The average molecular weight is 264 g/mol. The molecule has 0 saturated carbocycles. The summed E-state index contributed by atoms with van der Waals surface area (Å²) in [5.41, 5.74) is 2.17. The van der Waals surface area contributed by atoms with E-state index in [1.165, 1.54) is 0 Å². The summed E-state index contributed by atoms with van der Waals surface area (Å²) in [6, 6.07) is 11.6. The molecule has 0 spiro atoms. The van der Waals surface area contributed by atoms with Gasteiger partial charge in [-0.15, -0.1) is 0 Å². The van der Waals surface area contributed by atoms with E-state index in [-0.39, 0.29) is 0 Å². The minimum atomic E-state index is 0.733. The average Bonchev–Trinajstić information content (AvgIpc) is 2.40. The van der Waals surface area contributed by atoms with Crippen LogP contribution in [0.2, 0.25) is 5.02 Å². The maximum absolute atomic E-state index is 5.99. The van der Waals surface area contributed by atoms with Crippen molar-refractivity contribution in [3.8, 4) is 5.75 Å². The van der Waals surface area contributed by atoms with Gasteiger partial charge >= 0.3 is 0 Å². The first-order valence-corrected chi connectivity index (χ1v) is 6.21. The zero-order valence-corrected chi connectivity index (χ0v) is 11.0. The lowest BCUT2D eigenvalue weighted by Gasteiger charge is -2.07. The second-order valence-corrected chi connectivity index (χ2v) is 4.41. The van der Waals surface area contributed by atoms with Gasteiger partial charge in [0.1, 0.15) is 18.8 Å². The molecule has 2 rings (SSSR count). The summed E-state index contributed by atoms with van der Waals surface area (Å²) in [5, 5.41) is 2.91. The largest absolute Gasteiger partial charge is 0.496 e. The Kier molecular flexibility index (Phi) is 4.56. The van der Waals surface area contributed by atoms with Gasteiger partial charge in [-0.25, -0.2) is 0 Å². The molecule has 0 amide bonds. The Morgan fingerprint density at radius 3 is 2.83 bits per heavy atom. The third kappa shape index (κ3) is 3.45. The van der Waals surface area contributed by atoms with Crippen molar-refractivity contribution in [3.05, 3.63) is 58.9 Å². The number of quaternary nitrogens is 1. The highest BCUT2D eigenvalue weighted by molar-refractivity contribution is 6.30. The molecule has 1 aromatic carbocycles. The quantitative estimate of drug-likeness (QED) is 0.896. The summed E-state index contributed by atoms with van der Waals surface area (Å²) in [5.74, 6) is 0.872. The van der Waals surface area contributed by atoms with E-state index in [9.17, 15) is 0 Å². The lowest BCUT2D eigenvalue weighted by Crippen LogP contribution is -2.80. The first-order chi connectivity index (χ1) is 8.79. The van der Waals surface area contributed by atoms with Gasteiger partial charge in [-0.2, -0.15) is 0 Å². The van der Waals surface area contributed by atoms with Crippen LogP contribution >= 0.6 is 11.6 Å². The fourth-order valence-electron chi connectivity index (χ4n) is 1.80. The Balaban J connectivity index is 1.96. The second-order valence-electron chi connectivity index (χ2n) is 3.97. The molecule has 0 aliphatic heterocycles. The van der Waals surface area contributed by atoms with E-state index in [0.717, 1.165) is 35.1 Å². The van der Waals surface area contributed by atoms with Crippen LogP contribution in [0.4, 0.5) is 0 Å². The molecule has 4 heteroatoms. The van der Waals surface area contributed by atoms with E-state index in [1.54, 1.807) is 7.11 Å². The molecular formula is C14H16ClN2O+. The van der Waals surface area contributed by atoms with Crippen molar-refractivity contribution in [3.63, 3.8) is 0 Å². The summed E-state index contributed by atoms with van der Waals surface area (Å²) >= 11 is 5.99. The Bertz CT molecular complexity index is 502. The molecule has 18 heavy (non-hydrogen) atoms. The Labute approximate surface area is 112 Å². The zero-order valence-electron chi connectivity index (χ0n) is 10.3. The molecule has 0 bridgehead atoms. The number of rotatable bonds is 5. The summed E-state index contributed by atoms with van der Waals surface area (Å²) in [6.07, 6.45) is 1.81. The highest BCUT2D eigenvalue weighted by Gasteiger charge is 2.06. The molecule has 0 saturated heterocycles. The van der Waals surface area contributed by atoms with Crippen molar-refractivity contribution in [2.24, 2.45) is 0 Å². The molecular weight excluding hydrogens is 248 g/mol. The molecule has 94 valence electrons. The number of pyridine rings is 1. The van der Waals surface area contributed by atoms with E-state index in [4.69, 9.17) is 16.3 Å².